The number of fused-ring (bicyclic) bond motifs is 1. The van der Waals surface area contributed by atoms with Gasteiger partial charge in [0.2, 0.25) is 0 Å². The van der Waals surface area contributed by atoms with Crippen molar-refractivity contribution >= 4 is 96.6 Å². The molecule has 0 aromatic heterocycles. The highest BCUT2D eigenvalue weighted by molar-refractivity contribution is 7.92. The molecule has 0 amide bonds. The second-order valence-corrected chi connectivity index (χ2v) is 16.9. The Morgan fingerprint density at radius 1 is 0.604 bits per heavy atom. The molecule has 278 valence electrons. The lowest BCUT2D eigenvalue weighted by atomic mass is 10.0. The van der Waals surface area contributed by atoms with Crippen molar-refractivity contribution in [2.75, 3.05) is 21.9 Å². The lowest BCUT2D eigenvalue weighted by molar-refractivity contribution is 0.466. The molecular formula is C29H26N8O12S4. The van der Waals surface area contributed by atoms with Crippen molar-refractivity contribution in [2.24, 2.45) is 20.5 Å². The molecule has 0 bridgehead atoms. The van der Waals surface area contributed by atoms with Gasteiger partial charge in [-0.15, -0.1) is 10.2 Å². The van der Waals surface area contributed by atoms with Crippen molar-refractivity contribution in [3.63, 3.8) is 0 Å². The molecule has 0 heterocycles. The Balaban J connectivity index is 1.37. The van der Waals surface area contributed by atoms with E-state index in [9.17, 15) is 52.4 Å². The first-order chi connectivity index (χ1) is 24.5. The fourth-order valence-electron chi connectivity index (χ4n) is 4.82. The van der Waals surface area contributed by atoms with Crippen LogP contribution in [0, 0.1) is 6.92 Å². The van der Waals surface area contributed by atoms with Crippen molar-refractivity contribution in [3.8, 4) is 5.75 Å². The van der Waals surface area contributed by atoms with Crippen molar-refractivity contribution in [1.29, 1.82) is 0 Å². The average molecular weight is 807 g/mol. The van der Waals surface area contributed by atoms with Crippen LogP contribution in [0.3, 0.4) is 0 Å². The van der Waals surface area contributed by atoms with Crippen LogP contribution in [0.5, 0.6) is 5.75 Å². The number of aromatic hydroxyl groups is 1. The van der Waals surface area contributed by atoms with Crippen LogP contribution in [-0.4, -0.2) is 52.4 Å². The van der Waals surface area contributed by atoms with Gasteiger partial charge in [-0.25, -0.2) is 8.42 Å². The summed E-state index contributed by atoms with van der Waals surface area (Å²) in [5, 5.41) is 25.6. The number of azo groups is 2. The third-order valence-corrected chi connectivity index (χ3v) is 11.5. The molecule has 0 aliphatic carbocycles. The zero-order valence-electron chi connectivity index (χ0n) is 26.6. The van der Waals surface area contributed by atoms with E-state index >= 15 is 0 Å². The van der Waals surface area contributed by atoms with Gasteiger partial charge in [0.15, 0.2) is 0 Å². The van der Waals surface area contributed by atoms with E-state index in [0.717, 1.165) is 43.3 Å². The molecule has 0 saturated carbocycles. The van der Waals surface area contributed by atoms with E-state index in [-0.39, 0.29) is 55.4 Å². The number of sulfonamides is 1. The zero-order valence-corrected chi connectivity index (χ0v) is 29.9. The highest BCUT2D eigenvalue weighted by Gasteiger charge is 2.26. The molecule has 0 unspecified atom stereocenters. The minimum Gasteiger partial charge on any atom is -0.507 e. The number of nitrogen functional groups attached to an aromatic ring is 3. The third kappa shape index (κ3) is 8.17. The minimum atomic E-state index is -5.07. The van der Waals surface area contributed by atoms with Gasteiger partial charge in [0.25, 0.3) is 40.4 Å². The summed E-state index contributed by atoms with van der Waals surface area (Å²) in [6.45, 7) is 1.16. The summed E-state index contributed by atoms with van der Waals surface area (Å²) >= 11 is 0. The molecule has 0 radical (unpaired) electrons. The Hall–Kier alpha value is -5.76. The number of nitrogens with zero attached hydrogens (tertiary/aromatic N) is 4. The summed E-state index contributed by atoms with van der Waals surface area (Å²) in [6, 6.07) is 13.9. The maximum atomic E-state index is 13.0. The first-order valence-electron chi connectivity index (χ1n) is 14.2. The molecule has 0 aliphatic rings. The SMILES string of the molecule is Cc1c(S(=O)(=O)O)cc2cc(S(=O)(=O)O)c(N=Nc3ccc(S(=O)(=O)Nc4ccc(N=Nc5cc(S(=O)(=O)O)c(N)cc5N)cc4)cc3)c(N)c2c1O. The van der Waals surface area contributed by atoms with Crippen LogP contribution < -0.4 is 21.9 Å². The Kier molecular flexibility index (Phi) is 9.91. The van der Waals surface area contributed by atoms with E-state index in [2.05, 4.69) is 25.2 Å². The van der Waals surface area contributed by atoms with E-state index in [1.54, 1.807) is 0 Å². The number of phenolic OH excluding ortho intramolecular Hbond substituents is 1. The number of anilines is 4. The van der Waals surface area contributed by atoms with Crippen molar-refractivity contribution in [1.82, 2.24) is 0 Å². The fourth-order valence-corrected chi connectivity index (χ4v) is 7.93. The minimum absolute atomic E-state index is 0.00739. The van der Waals surface area contributed by atoms with E-state index in [1.165, 1.54) is 36.4 Å². The Bertz CT molecular complexity index is 2830. The quantitative estimate of drug-likeness (QED) is 0.0524. The van der Waals surface area contributed by atoms with Crippen LogP contribution >= 0.6 is 0 Å². The monoisotopic (exact) mass is 806 g/mol. The molecule has 0 atom stereocenters. The smallest absolute Gasteiger partial charge is 0.296 e. The number of hydrogen-bond acceptors (Lipinski definition) is 16. The average Bonchev–Trinajstić information content (AvgIpc) is 3.04. The molecule has 11 N–H and O–H groups in total. The van der Waals surface area contributed by atoms with Gasteiger partial charge in [-0.3, -0.25) is 18.4 Å². The summed E-state index contributed by atoms with van der Waals surface area (Å²) in [6.07, 6.45) is 0. The van der Waals surface area contributed by atoms with E-state index in [4.69, 9.17) is 17.2 Å². The molecule has 0 saturated heterocycles. The van der Waals surface area contributed by atoms with Crippen LogP contribution in [0.4, 0.5) is 45.5 Å². The topological polar surface area (TPSA) is 357 Å². The number of hydrogen-bond donors (Lipinski definition) is 8. The van der Waals surface area contributed by atoms with E-state index in [0.29, 0.717) is 0 Å². The normalized spacial score (nSPS) is 12.9. The number of rotatable bonds is 10. The Morgan fingerprint density at radius 2 is 1.11 bits per heavy atom. The second-order valence-electron chi connectivity index (χ2n) is 11.0. The molecule has 0 spiro atoms. The molecule has 20 nitrogen and oxygen atoms in total. The number of benzene rings is 5. The summed E-state index contributed by atoms with van der Waals surface area (Å²) < 4.78 is 128. The maximum absolute atomic E-state index is 13.0. The largest absolute Gasteiger partial charge is 0.507 e. The molecule has 5 rings (SSSR count). The zero-order chi connectivity index (χ0) is 39.3. The highest BCUT2D eigenvalue weighted by Crippen LogP contribution is 2.44. The Morgan fingerprint density at radius 3 is 1.66 bits per heavy atom. The standard InChI is InChI=1S/C29H26N8O12S4/c1-14-23(51(41,42)43)10-15-11-25(53(47,48)49)28(27(32)26(15)29(14)38)36-34-17-6-8-19(9-7-17)50(39,40)37-18-4-2-16(3-5-18)33-35-22-13-24(52(44,45)46)21(31)12-20(22)30/h2-13,37-38H,30-32H2,1H3,(H,41,42,43)(H,44,45,46)(H,47,48,49). The van der Waals surface area contributed by atoms with Crippen LogP contribution in [0.25, 0.3) is 10.8 Å². The molecule has 53 heavy (non-hydrogen) atoms. The molecule has 5 aromatic carbocycles. The van der Waals surface area contributed by atoms with E-state index < -0.39 is 72.2 Å². The summed E-state index contributed by atoms with van der Waals surface area (Å²) in [5.74, 6) is -0.715. The summed E-state index contributed by atoms with van der Waals surface area (Å²) in [5.41, 5.74) is 15.9. The number of nitrogens with two attached hydrogens (primary N) is 3. The van der Waals surface area contributed by atoms with Gasteiger partial charge in [-0.1, -0.05) is 0 Å². The predicted molar refractivity (Wildman–Crippen MR) is 192 cm³/mol. The molecule has 5 aromatic rings. The van der Waals surface area contributed by atoms with Gasteiger partial charge in [0.05, 0.1) is 33.3 Å². The van der Waals surface area contributed by atoms with Crippen molar-refractivity contribution < 1.29 is 52.4 Å². The first kappa shape index (κ1) is 38.5. The lowest BCUT2D eigenvalue weighted by Gasteiger charge is -2.14. The van der Waals surface area contributed by atoms with Crippen LogP contribution in [-0.2, 0) is 40.4 Å². The molecular weight excluding hydrogens is 781 g/mol. The maximum Gasteiger partial charge on any atom is 0.296 e. The van der Waals surface area contributed by atoms with Gasteiger partial charge in [-0.05, 0) is 85.1 Å². The fraction of sp³-hybridized carbons (Fsp3) is 0.0345. The van der Waals surface area contributed by atoms with Gasteiger partial charge >= 0.3 is 0 Å². The van der Waals surface area contributed by atoms with Crippen molar-refractivity contribution in [2.45, 2.75) is 26.5 Å². The summed E-state index contributed by atoms with van der Waals surface area (Å²) in [4.78, 5) is -2.48. The lowest BCUT2D eigenvalue weighted by Crippen LogP contribution is -2.12. The van der Waals surface area contributed by atoms with Gasteiger partial charge in [-0.2, -0.15) is 35.5 Å². The van der Waals surface area contributed by atoms with Gasteiger partial charge in [0, 0.05) is 16.6 Å². The van der Waals surface area contributed by atoms with Gasteiger partial charge in [0.1, 0.15) is 31.8 Å². The summed E-state index contributed by atoms with van der Waals surface area (Å²) in [7, 11) is -18.8. The first-order valence-corrected chi connectivity index (χ1v) is 20.0. The molecule has 24 heteroatoms. The van der Waals surface area contributed by atoms with E-state index in [1.807, 2.05) is 0 Å². The van der Waals surface area contributed by atoms with Crippen LogP contribution in [0.15, 0.2) is 113 Å². The second kappa shape index (κ2) is 13.7. The predicted octanol–water partition coefficient (Wildman–Crippen LogP) is 4.97. The Labute approximate surface area is 301 Å². The molecule has 0 aliphatic heterocycles. The van der Waals surface area contributed by atoms with Crippen molar-refractivity contribution in [3.05, 3.63) is 78.4 Å². The van der Waals surface area contributed by atoms with Crippen LogP contribution in [0.2, 0.25) is 0 Å². The van der Waals surface area contributed by atoms with Gasteiger partial charge < -0.3 is 22.3 Å². The molecule has 0 fully saturated rings. The number of phenols is 1. The van der Waals surface area contributed by atoms with Crippen LogP contribution in [0.1, 0.15) is 5.56 Å². The third-order valence-electron chi connectivity index (χ3n) is 7.38. The number of nitrogens with one attached hydrogen (secondary N) is 1. The highest BCUT2D eigenvalue weighted by atomic mass is 32.2.